The Balaban J connectivity index is 1.98. The molecule has 0 bridgehead atoms. The summed E-state index contributed by atoms with van der Waals surface area (Å²) in [4.78, 5) is 29.0. The summed E-state index contributed by atoms with van der Waals surface area (Å²) in [5.74, 6) is -1.54. The van der Waals surface area contributed by atoms with Crippen LogP contribution in [0.2, 0.25) is 0 Å². The number of carboxylic acid groups (broad SMARTS) is 1. The lowest BCUT2D eigenvalue weighted by atomic mass is 9.85. The smallest absolute Gasteiger partial charge is 0.345 e. The largest absolute Gasteiger partial charge is 0.505 e. The van der Waals surface area contributed by atoms with Gasteiger partial charge < -0.3 is 24.8 Å². The van der Waals surface area contributed by atoms with Crippen molar-refractivity contribution in [3.8, 4) is 5.75 Å². The first kappa shape index (κ1) is 25.7. The highest BCUT2D eigenvalue weighted by Gasteiger charge is 2.34. The molecule has 1 aromatic heterocycles. The van der Waals surface area contributed by atoms with E-state index in [4.69, 9.17) is 9.52 Å². The third kappa shape index (κ3) is 5.98. The van der Waals surface area contributed by atoms with Gasteiger partial charge in [0.25, 0.3) is 5.91 Å². The Morgan fingerprint density at radius 2 is 1.94 bits per heavy atom. The average Bonchev–Trinajstić information content (AvgIpc) is 3.27. The fourth-order valence-corrected chi connectivity index (χ4v) is 4.18. The number of phenols is 1. The second-order valence-corrected chi connectivity index (χ2v) is 10.4. The lowest BCUT2D eigenvalue weighted by Crippen LogP contribution is -2.33. The number of anilines is 1. The van der Waals surface area contributed by atoms with Crippen molar-refractivity contribution >= 4 is 39.4 Å². The van der Waals surface area contributed by atoms with Crippen molar-refractivity contribution in [2.75, 3.05) is 18.9 Å². The van der Waals surface area contributed by atoms with Gasteiger partial charge in [0.15, 0.2) is 17.4 Å². The molecule has 0 unspecified atom stereocenters. The van der Waals surface area contributed by atoms with Gasteiger partial charge in [0.05, 0.1) is 11.3 Å². The molecule has 4 N–H and O–H groups in total. The number of aryl methyl sites for hydroxylation is 1. The normalized spacial score (nSPS) is 16.9. The quantitative estimate of drug-likeness (QED) is 0.433. The van der Waals surface area contributed by atoms with E-state index in [0.29, 0.717) is 11.5 Å². The van der Waals surface area contributed by atoms with E-state index in [0.717, 1.165) is 4.90 Å². The number of hydrogen-bond acceptors (Lipinski definition) is 8. The van der Waals surface area contributed by atoms with Crippen LogP contribution < -0.4 is 10.0 Å². The number of nitrogens with zero attached hydrogens (tertiary/aromatic N) is 3. The number of amidine groups is 2. The SMILES string of the molecule is Cc1ccc([C@H](N=C2NS(=O)(=O)N=C2Nc2cccc(C(=O)N(C)CC(=O)O)c2O)C(C)(C)C)o1. The van der Waals surface area contributed by atoms with Crippen LogP contribution in [0.1, 0.15) is 48.7 Å². The van der Waals surface area contributed by atoms with E-state index < -0.39 is 45.8 Å². The van der Waals surface area contributed by atoms with Crippen LogP contribution in [0.25, 0.3) is 0 Å². The summed E-state index contributed by atoms with van der Waals surface area (Å²) in [5, 5.41) is 22.3. The van der Waals surface area contributed by atoms with Crippen molar-refractivity contribution in [1.82, 2.24) is 9.62 Å². The number of amides is 1. The first-order valence-corrected chi connectivity index (χ1v) is 12.0. The molecule has 0 saturated heterocycles. The fourth-order valence-electron chi connectivity index (χ4n) is 3.36. The van der Waals surface area contributed by atoms with Gasteiger partial charge >= 0.3 is 16.2 Å². The number of likely N-dealkylation sites (N-methyl/N-ethyl adjacent to an activating group) is 1. The van der Waals surface area contributed by atoms with E-state index in [1.165, 1.54) is 25.2 Å². The Hall–Kier alpha value is -3.87. The predicted octanol–water partition coefficient (Wildman–Crippen LogP) is 2.29. The van der Waals surface area contributed by atoms with Crippen LogP contribution in [-0.2, 0) is 15.0 Å². The third-order valence-corrected chi connectivity index (χ3v) is 5.88. The van der Waals surface area contributed by atoms with Gasteiger partial charge in [-0.25, -0.2) is 4.72 Å². The number of carbonyl (C=O) groups is 2. The summed E-state index contributed by atoms with van der Waals surface area (Å²) in [7, 11) is -2.83. The molecule has 1 aliphatic rings. The number of nitrogens with one attached hydrogen (secondary N) is 2. The molecule has 2 aromatic rings. The Morgan fingerprint density at radius 3 is 2.51 bits per heavy atom. The van der Waals surface area contributed by atoms with Crippen LogP contribution in [0, 0.1) is 12.3 Å². The number of aliphatic imine (C=N–C) groups is 1. The van der Waals surface area contributed by atoms with Gasteiger partial charge in [-0.05, 0) is 36.6 Å². The zero-order chi connectivity index (χ0) is 26.1. The van der Waals surface area contributed by atoms with Gasteiger partial charge in [-0.1, -0.05) is 26.8 Å². The zero-order valence-electron chi connectivity index (χ0n) is 19.9. The van der Waals surface area contributed by atoms with Crippen molar-refractivity contribution in [2.45, 2.75) is 33.7 Å². The topological polar surface area (TPSA) is 174 Å². The lowest BCUT2D eigenvalue weighted by Gasteiger charge is -2.26. The van der Waals surface area contributed by atoms with Crippen LogP contribution in [0.4, 0.5) is 5.69 Å². The molecule has 12 nitrogen and oxygen atoms in total. The molecule has 0 spiro atoms. The van der Waals surface area contributed by atoms with Gasteiger partial charge in [0.1, 0.15) is 24.1 Å². The number of phenolic OH excluding ortho intramolecular Hbond substituents is 1. The fraction of sp³-hybridized carbons (Fsp3) is 0.364. The molecular weight excluding hydrogens is 478 g/mol. The second-order valence-electron chi connectivity index (χ2n) is 9.09. The Kier molecular flexibility index (Phi) is 6.92. The summed E-state index contributed by atoms with van der Waals surface area (Å²) >= 11 is 0. The number of hydrogen-bond donors (Lipinski definition) is 4. The number of para-hydroxylation sites is 1. The van der Waals surface area contributed by atoms with Gasteiger partial charge in [0.2, 0.25) is 0 Å². The van der Waals surface area contributed by atoms with Crippen LogP contribution in [0.3, 0.4) is 0 Å². The highest BCUT2D eigenvalue weighted by Crippen LogP contribution is 2.37. The minimum atomic E-state index is -4.11. The van der Waals surface area contributed by atoms with E-state index in [1.807, 2.05) is 20.8 Å². The molecule has 1 aromatic carbocycles. The first-order chi connectivity index (χ1) is 16.2. The van der Waals surface area contributed by atoms with E-state index in [-0.39, 0.29) is 22.9 Å². The highest BCUT2D eigenvalue weighted by atomic mass is 32.2. The summed E-state index contributed by atoms with van der Waals surface area (Å²) in [5.41, 5.74) is -0.657. The molecular formula is C22H27N5O7S. The molecule has 0 saturated carbocycles. The van der Waals surface area contributed by atoms with Gasteiger partial charge in [0, 0.05) is 7.05 Å². The van der Waals surface area contributed by atoms with Crippen LogP contribution in [0.5, 0.6) is 5.75 Å². The third-order valence-electron chi connectivity index (χ3n) is 5.01. The molecule has 13 heteroatoms. The number of furan rings is 1. The molecule has 3 rings (SSSR count). The van der Waals surface area contributed by atoms with Gasteiger partial charge in [-0.3, -0.25) is 14.6 Å². The molecule has 35 heavy (non-hydrogen) atoms. The Labute approximate surface area is 202 Å². The summed E-state index contributed by atoms with van der Waals surface area (Å²) in [6, 6.07) is 7.13. The minimum absolute atomic E-state index is 0.0222. The Bertz CT molecular complexity index is 1320. The van der Waals surface area contributed by atoms with Crippen molar-refractivity contribution < 1.29 is 32.6 Å². The number of carbonyl (C=O) groups excluding carboxylic acids is 1. The van der Waals surface area contributed by atoms with E-state index >= 15 is 0 Å². The second kappa shape index (κ2) is 9.41. The van der Waals surface area contributed by atoms with E-state index in [2.05, 4.69) is 19.4 Å². The number of aliphatic carboxylic acids is 1. The van der Waals surface area contributed by atoms with Crippen LogP contribution in [-0.4, -0.2) is 60.7 Å². The maximum absolute atomic E-state index is 12.6. The molecule has 0 aliphatic carbocycles. The van der Waals surface area contributed by atoms with E-state index in [1.54, 1.807) is 19.1 Å². The molecule has 1 atom stereocenters. The number of benzene rings is 1. The Morgan fingerprint density at radius 1 is 1.26 bits per heavy atom. The van der Waals surface area contributed by atoms with Crippen molar-refractivity contribution in [2.24, 2.45) is 14.8 Å². The monoisotopic (exact) mass is 505 g/mol. The minimum Gasteiger partial charge on any atom is -0.505 e. The van der Waals surface area contributed by atoms with Crippen LogP contribution in [0.15, 0.2) is 44.1 Å². The number of aromatic hydroxyl groups is 1. The highest BCUT2D eigenvalue weighted by molar-refractivity contribution is 7.89. The van der Waals surface area contributed by atoms with Gasteiger partial charge in [-0.2, -0.15) is 8.42 Å². The zero-order valence-corrected chi connectivity index (χ0v) is 20.7. The molecule has 1 aliphatic heterocycles. The molecule has 0 radical (unpaired) electrons. The van der Waals surface area contributed by atoms with Crippen molar-refractivity contribution in [3.63, 3.8) is 0 Å². The maximum Gasteiger partial charge on any atom is 0.345 e. The standard InChI is InChI=1S/C22H27N5O7S/c1-12-9-10-15(34-12)18(22(2,3)4)24-20-19(25-35(32,33)26-20)23-14-8-6-7-13(17(14)30)21(31)27(5)11-16(28)29/h6-10,18,30H,11H2,1-5H3,(H,23,25)(H,24,26)(H,28,29)/t18-/m0/s1. The number of rotatable bonds is 6. The first-order valence-electron chi connectivity index (χ1n) is 10.5. The summed E-state index contributed by atoms with van der Waals surface area (Å²) in [6.07, 6.45) is 0. The van der Waals surface area contributed by atoms with Gasteiger partial charge in [-0.15, -0.1) is 4.40 Å². The molecule has 188 valence electrons. The molecule has 1 amide bonds. The summed E-state index contributed by atoms with van der Waals surface area (Å²) < 4.78 is 36.1. The van der Waals surface area contributed by atoms with Crippen molar-refractivity contribution in [1.29, 1.82) is 0 Å². The maximum atomic E-state index is 12.6. The van der Waals surface area contributed by atoms with Crippen molar-refractivity contribution in [3.05, 3.63) is 47.4 Å². The van der Waals surface area contributed by atoms with E-state index in [9.17, 15) is 23.1 Å². The summed E-state index contributed by atoms with van der Waals surface area (Å²) in [6.45, 7) is 6.97. The van der Waals surface area contributed by atoms with Crippen LogP contribution >= 0.6 is 0 Å². The molecule has 0 fully saturated rings. The lowest BCUT2D eigenvalue weighted by molar-refractivity contribution is -0.137. The molecule has 2 heterocycles. The predicted molar refractivity (Wildman–Crippen MR) is 129 cm³/mol. The average molecular weight is 506 g/mol. The number of carboxylic acids is 1.